The van der Waals surface area contributed by atoms with E-state index in [1.165, 1.54) is 0 Å². The van der Waals surface area contributed by atoms with E-state index in [9.17, 15) is 9.59 Å². The molecule has 0 saturated carbocycles. The summed E-state index contributed by atoms with van der Waals surface area (Å²) in [5, 5.41) is 11.4. The first-order valence-corrected chi connectivity index (χ1v) is 13.0. The largest absolute Gasteiger partial charge is 0.493 e. The summed E-state index contributed by atoms with van der Waals surface area (Å²) < 4.78 is 18.3. The number of methoxy groups -OCH3 is 1. The molecule has 1 heterocycles. The second kappa shape index (κ2) is 13.2. The Kier molecular flexibility index (Phi) is 10.1. The monoisotopic (exact) mass is 525 g/mol. The number of rotatable bonds is 13. The highest BCUT2D eigenvalue weighted by Crippen LogP contribution is 2.33. The number of benzene rings is 2. The van der Waals surface area contributed by atoms with Gasteiger partial charge in [-0.1, -0.05) is 23.4 Å². The molecule has 0 fully saturated rings. The summed E-state index contributed by atoms with van der Waals surface area (Å²) in [5.74, 6) is 0.495. The predicted octanol–water partition coefficient (Wildman–Crippen LogP) is 3.75. The van der Waals surface area contributed by atoms with E-state index in [4.69, 9.17) is 14.2 Å². The van der Waals surface area contributed by atoms with Gasteiger partial charge in [0.05, 0.1) is 19.2 Å². The Labute approximate surface area is 224 Å². The number of fused-ring (bicyclic) bond motifs is 1. The van der Waals surface area contributed by atoms with Crippen LogP contribution in [0.1, 0.15) is 52.6 Å². The van der Waals surface area contributed by atoms with E-state index in [2.05, 4.69) is 15.6 Å². The Morgan fingerprint density at radius 1 is 1.08 bits per heavy atom. The summed E-state index contributed by atoms with van der Waals surface area (Å²) in [7, 11) is 1.55. The van der Waals surface area contributed by atoms with Gasteiger partial charge in [-0.15, -0.1) is 5.10 Å². The van der Waals surface area contributed by atoms with Crippen molar-refractivity contribution in [3.8, 4) is 11.5 Å². The van der Waals surface area contributed by atoms with Gasteiger partial charge in [-0.05, 0) is 70.9 Å². The average Bonchev–Trinajstić information content (AvgIpc) is 3.28. The number of carbonyl (C=O) groups is 2. The zero-order valence-electron chi connectivity index (χ0n) is 23.2. The molecule has 2 amide bonds. The number of amides is 2. The molecule has 38 heavy (non-hydrogen) atoms. The van der Waals surface area contributed by atoms with Crippen molar-refractivity contribution < 1.29 is 23.8 Å². The van der Waals surface area contributed by atoms with Gasteiger partial charge in [0, 0.05) is 25.3 Å². The normalized spacial score (nSPS) is 12.3. The molecule has 206 valence electrons. The van der Waals surface area contributed by atoms with E-state index in [1.807, 2.05) is 58.9 Å². The third-order valence-corrected chi connectivity index (χ3v) is 5.78. The molecule has 0 aliphatic carbocycles. The molecule has 1 N–H and O–H groups in total. The highest BCUT2D eigenvalue weighted by molar-refractivity contribution is 5.89. The predicted molar refractivity (Wildman–Crippen MR) is 145 cm³/mol. The molecule has 0 saturated heterocycles. The number of hydrogen-bond acceptors (Lipinski definition) is 7. The van der Waals surface area contributed by atoms with Crippen molar-refractivity contribution in [3.05, 3.63) is 48.0 Å². The minimum absolute atomic E-state index is 0.0669. The van der Waals surface area contributed by atoms with Crippen LogP contribution in [-0.2, 0) is 20.9 Å². The van der Waals surface area contributed by atoms with Crippen LogP contribution in [0.4, 0.5) is 0 Å². The standard InChI is InChI=1S/C28H39N5O5/c1-7-37-17-11-16-32(25(34)19-33-22-13-10-9-12-21(22)30-31-33)26(27(35)29-28(3,4)5)20-14-15-23(38-8-2)24(18-20)36-6/h9-10,12-15,18,26H,7-8,11,16-17,19H2,1-6H3,(H,29,35)/t26-/m1/s1. The van der Waals surface area contributed by atoms with Crippen LogP contribution >= 0.6 is 0 Å². The molecule has 0 unspecified atom stereocenters. The molecule has 1 aromatic heterocycles. The summed E-state index contributed by atoms with van der Waals surface area (Å²) >= 11 is 0. The number of ether oxygens (including phenoxy) is 3. The van der Waals surface area contributed by atoms with Gasteiger partial charge in [0.1, 0.15) is 18.1 Å². The van der Waals surface area contributed by atoms with Crippen molar-refractivity contribution in [2.75, 3.05) is 33.5 Å². The zero-order chi connectivity index (χ0) is 27.7. The quantitative estimate of drug-likeness (QED) is 0.339. The maximum atomic E-state index is 13.9. The molecule has 0 radical (unpaired) electrons. The summed E-state index contributed by atoms with van der Waals surface area (Å²) in [6.45, 7) is 11.3. The molecular weight excluding hydrogens is 486 g/mol. The smallest absolute Gasteiger partial charge is 0.247 e. The van der Waals surface area contributed by atoms with Gasteiger partial charge < -0.3 is 24.4 Å². The second-order valence-corrected chi connectivity index (χ2v) is 9.86. The van der Waals surface area contributed by atoms with Crippen molar-refractivity contribution in [2.24, 2.45) is 0 Å². The maximum Gasteiger partial charge on any atom is 0.247 e. The van der Waals surface area contributed by atoms with E-state index in [1.54, 1.807) is 34.9 Å². The Balaban J connectivity index is 2.03. The summed E-state index contributed by atoms with van der Waals surface area (Å²) in [6, 6.07) is 11.9. The van der Waals surface area contributed by atoms with Gasteiger partial charge in [-0.25, -0.2) is 4.68 Å². The molecular formula is C28H39N5O5. The number of nitrogens with one attached hydrogen (secondary N) is 1. The third kappa shape index (κ3) is 7.44. The number of aromatic nitrogens is 3. The molecule has 3 rings (SSSR count). The van der Waals surface area contributed by atoms with Crippen molar-refractivity contribution in [1.82, 2.24) is 25.2 Å². The Morgan fingerprint density at radius 3 is 2.53 bits per heavy atom. The molecule has 2 aromatic carbocycles. The first-order valence-electron chi connectivity index (χ1n) is 13.0. The van der Waals surface area contributed by atoms with Gasteiger partial charge in [0.15, 0.2) is 11.5 Å². The number of para-hydroxylation sites is 1. The first-order chi connectivity index (χ1) is 18.2. The molecule has 0 aliphatic heterocycles. The molecule has 10 nitrogen and oxygen atoms in total. The van der Waals surface area contributed by atoms with Gasteiger partial charge >= 0.3 is 0 Å². The van der Waals surface area contributed by atoms with Crippen LogP contribution in [0.3, 0.4) is 0 Å². The molecule has 0 bridgehead atoms. The lowest BCUT2D eigenvalue weighted by atomic mass is 10.0. The van der Waals surface area contributed by atoms with Crippen LogP contribution < -0.4 is 14.8 Å². The minimum atomic E-state index is -0.914. The van der Waals surface area contributed by atoms with E-state index in [0.717, 1.165) is 5.52 Å². The number of nitrogens with zero attached hydrogens (tertiary/aromatic N) is 4. The fourth-order valence-corrected chi connectivity index (χ4v) is 4.17. The number of carbonyl (C=O) groups excluding carboxylic acids is 2. The highest BCUT2D eigenvalue weighted by Gasteiger charge is 2.34. The van der Waals surface area contributed by atoms with Crippen molar-refractivity contribution in [2.45, 2.75) is 59.2 Å². The molecule has 3 aromatic rings. The van der Waals surface area contributed by atoms with Crippen LogP contribution in [0.15, 0.2) is 42.5 Å². The molecule has 0 spiro atoms. The van der Waals surface area contributed by atoms with E-state index >= 15 is 0 Å². The lowest BCUT2D eigenvalue weighted by molar-refractivity contribution is -0.142. The summed E-state index contributed by atoms with van der Waals surface area (Å²) in [4.78, 5) is 29.3. The minimum Gasteiger partial charge on any atom is -0.493 e. The van der Waals surface area contributed by atoms with E-state index < -0.39 is 11.6 Å². The van der Waals surface area contributed by atoms with Crippen molar-refractivity contribution >= 4 is 22.8 Å². The molecule has 0 aliphatic rings. The molecule has 10 heteroatoms. The van der Waals surface area contributed by atoms with Gasteiger partial charge in [0.2, 0.25) is 11.8 Å². The fourth-order valence-electron chi connectivity index (χ4n) is 4.17. The topological polar surface area (TPSA) is 108 Å². The Morgan fingerprint density at radius 2 is 1.84 bits per heavy atom. The number of hydrogen-bond donors (Lipinski definition) is 1. The van der Waals surface area contributed by atoms with Crippen LogP contribution in [0.25, 0.3) is 11.0 Å². The van der Waals surface area contributed by atoms with Crippen molar-refractivity contribution in [3.63, 3.8) is 0 Å². The SMILES string of the molecule is CCOCCCN(C(=O)Cn1nnc2ccccc21)[C@@H](C(=O)NC(C)(C)C)c1ccc(OCC)c(OC)c1. The lowest BCUT2D eigenvalue weighted by Gasteiger charge is -2.34. The van der Waals surface area contributed by atoms with Crippen LogP contribution in [-0.4, -0.2) is 70.7 Å². The van der Waals surface area contributed by atoms with E-state index in [0.29, 0.717) is 55.4 Å². The Bertz CT molecular complexity index is 1220. The average molecular weight is 526 g/mol. The first kappa shape index (κ1) is 28.9. The van der Waals surface area contributed by atoms with Gasteiger partial charge in [-0.2, -0.15) is 0 Å². The lowest BCUT2D eigenvalue weighted by Crippen LogP contribution is -2.50. The van der Waals surface area contributed by atoms with Gasteiger partial charge in [-0.3, -0.25) is 9.59 Å². The summed E-state index contributed by atoms with van der Waals surface area (Å²) in [5.41, 5.74) is 1.54. The van der Waals surface area contributed by atoms with Crippen LogP contribution in [0, 0.1) is 0 Å². The summed E-state index contributed by atoms with van der Waals surface area (Å²) in [6.07, 6.45) is 0.561. The second-order valence-electron chi connectivity index (χ2n) is 9.86. The third-order valence-electron chi connectivity index (χ3n) is 5.78. The van der Waals surface area contributed by atoms with Gasteiger partial charge in [0.25, 0.3) is 0 Å². The van der Waals surface area contributed by atoms with Crippen molar-refractivity contribution in [1.29, 1.82) is 0 Å². The Hall–Kier alpha value is -3.66. The highest BCUT2D eigenvalue weighted by atomic mass is 16.5. The molecule has 1 atom stereocenters. The van der Waals surface area contributed by atoms with E-state index in [-0.39, 0.29) is 18.4 Å². The fraction of sp³-hybridized carbons (Fsp3) is 0.500. The van der Waals surface area contributed by atoms with Crippen LogP contribution in [0.2, 0.25) is 0 Å². The zero-order valence-corrected chi connectivity index (χ0v) is 23.2. The van der Waals surface area contributed by atoms with Crippen LogP contribution in [0.5, 0.6) is 11.5 Å². The maximum absolute atomic E-state index is 13.9.